The van der Waals surface area contributed by atoms with Gasteiger partial charge in [-0.25, -0.2) is 4.98 Å². The Morgan fingerprint density at radius 1 is 1.31 bits per heavy atom. The summed E-state index contributed by atoms with van der Waals surface area (Å²) < 4.78 is 0. The van der Waals surface area contributed by atoms with Gasteiger partial charge in [-0.15, -0.1) is 0 Å². The van der Waals surface area contributed by atoms with Gasteiger partial charge in [-0.2, -0.15) is 5.26 Å². The zero-order chi connectivity index (χ0) is 20.8. The number of nitriles is 1. The van der Waals surface area contributed by atoms with Gasteiger partial charge in [0.2, 0.25) is 5.91 Å². The first-order chi connectivity index (χ1) is 14.0. The summed E-state index contributed by atoms with van der Waals surface area (Å²) in [5, 5.41) is 13.6. The minimum atomic E-state index is -0.334. The maximum Gasteiger partial charge on any atom is 0.237 e. The highest BCUT2D eigenvalue weighted by molar-refractivity contribution is 8.00. The van der Waals surface area contributed by atoms with E-state index in [0.717, 1.165) is 36.9 Å². The highest BCUT2D eigenvalue weighted by atomic mass is 35.5. The third-order valence-electron chi connectivity index (χ3n) is 5.33. The quantitative estimate of drug-likeness (QED) is 0.587. The average Bonchev–Trinajstić information content (AvgIpc) is 2.70. The van der Waals surface area contributed by atoms with Gasteiger partial charge in [0.15, 0.2) is 0 Å². The zero-order valence-electron chi connectivity index (χ0n) is 16.9. The van der Waals surface area contributed by atoms with Crippen molar-refractivity contribution in [3.63, 3.8) is 0 Å². The van der Waals surface area contributed by atoms with Gasteiger partial charge in [-0.05, 0) is 68.4 Å². The van der Waals surface area contributed by atoms with Gasteiger partial charge >= 0.3 is 0 Å². The minimum absolute atomic E-state index is 0.0969. The summed E-state index contributed by atoms with van der Waals surface area (Å²) in [5.74, 6) is -0.0969. The molecule has 1 atom stereocenters. The molecule has 1 unspecified atom stereocenters. The molecule has 1 aliphatic rings. The second-order valence-corrected chi connectivity index (χ2v) is 8.99. The minimum Gasteiger partial charge on any atom is -0.325 e. The molecule has 1 aliphatic carbocycles. The fourth-order valence-corrected chi connectivity index (χ4v) is 4.72. The summed E-state index contributed by atoms with van der Waals surface area (Å²) in [6.45, 7) is 3.86. The van der Waals surface area contributed by atoms with Crippen LogP contribution in [0.15, 0.2) is 29.3 Å². The molecule has 2 aromatic rings. The van der Waals surface area contributed by atoms with Crippen LogP contribution in [0, 0.1) is 18.3 Å². The third-order valence-corrected chi connectivity index (χ3v) is 7.10. The van der Waals surface area contributed by atoms with Crippen molar-refractivity contribution < 1.29 is 4.79 Å². The highest BCUT2D eigenvalue weighted by Gasteiger charge is 2.23. The van der Waals surface area contributed by atoms with E-state index in [1.165, 1.54) is 30.2 Å². The molecule has 1 aromatic heterocycles. The molecule has 0 saturated carbocycles. The number of fused-ring (bicyclic) bond motifs is 1. The summed E-state index contributed by atoms with van der Waals surface area (Å²) in [6.07, 6.45) is 7.29. The standard InChI is InChI=1S/C23H26ClN3OS/c1-3-21(22(28)26-19-12-8-10-18(24)15(19)2)29-23-17(14-25)13-16-9-6-4-5-7-11-20(16)27-23/h8,10,12-13,21H,3-7,9,11H2,1-2H3,(H,26,28). The molecule has 29 heavy (non-hydrogen) atoms. The summed E-state index contributed by atoms with van der Waals surface area (Å²) in [6, 6.07) is 9.75. The fraction of sp³-hybridized carbons (Fsp3) is 0.435. The number of nitrogens with one attached hydrogen (secondary N) is 1. The van der Waals surface area contributed by atoms with Crippen molar-refractivity contribution >= 4 is 35.0 Å². The first-order valence-electron chi connectivity index (χ1n) is 10.2. The number of nitrogens with zero attached hydrogens (tertiary/aromatic N) is 2. The van der Waals surface area contributed by atoms with E-state index in [1.807, 2.05) is 32.0 Å². The van der Waals surface area contributed by atoms with Crippen LogP contribution in [-0.4, -0.2) is 16.1 Å². The van der Waals surface area contributed by atoms with Crippen LogP contribution >= 0.6 is 23.4 Å². The molecule has 0 saturated heterocycles. The number of hydrogen-bond donors (Lipinski definition) is 1. The third kappa shape index (κ3) is 5.32. The predicted molar refractivity (Wildman–Crippen MR) is 120 cm³/mol. The number of halogens is 1. The molecule has 1 heterocycles. The first-order valence-corrected chi connectivity index (χ1v) is 11.4. The van der Waals surface area contributed by atoms with Gasteiger partial charge in [-0.1, -0.05) is 49.2 Å². The molecule has 6 heteroatoms. The van der Waals surface area contributed by atoms with Crippen LogP contribution in [0.1, 0.15) is 61.4 Å². The average molecular weight is 428 g/mol. The van der Waals surface area contributed by atoms with E-state index in [0.29, 0.717) is 27.7 Å². The van der Waals surface area contributed by atoms with E-state index < -0.39 is 0 Å². The number of carbonyl (C=O) groups excluding carboxylic acids is 1. The van der Waals surface area contributed by atoms with Crippen LogP contribution in [0.2, 0.25) is 5.02 Å². The molecule has 0 aliphatic heterocycles. The number of hydrogen-bond acceptors (Lipinski definition) is 4. The van der Waals surface area contributed by atoms with E-state index in [2.05, 4.69) is 11.4 Å². The van der Waals surface area contributed by atoms with Gasteiger partial charge in [0, 0.05) is 16.4 Å². The van der Waals surface area contributed by atoms with Gasteiger partial charge in [-0.3, -0.25) is 4.79 Å². The predicted octanol–water partition coefficient (Wildman–Crippen LogP) is 6.08. The number of thioether (sulfide) groups is 1. The monoisotopic (exact) mass is 427 g/mol. The van der Waals surface area contributed by atoms with E-state index in [1.54, 1.807) is 6.07 Å². The molecule has 1 amide bonds. The topological polar surface area (TPSA) is 65.8 Å². The Morgan fingerprint density at radius 3 is 2.79 bits per heavy atom. The Labute approximate surface area is 182 Å². The zero-order valence-corrected chi connectivity index (χ0v) is 18.5. The number of aromatic nitrogens is 1. The Morgan fingerprint density at radius 2 is 2.07 bits per heavy atom. The summed E-state index contributed by atoms with van der Waals surface area (Å²) >= 11 is 7.55. The number of rotatable bonds is 5. The van der Waals surface area contributed by atoms with Crippen LogP contribution in [0.3, 0.4) is 0 Å². The van der Waals surface area contributed by atoms with E-state index in [-0.39, 0.29) is 11.2 Å². The Hall–Kier alpha value is -2.03. The van der Waals surface area contributed by atoms with Gasteiger partial charge in [0.25, 0.3) is 0 Å². The first kappa shape index (κ1) is 21.7. The van der Waals surface area contributed by atoms with Crippen molar-refractivity contribution in [2.75, 3.05) is 5.32 Å². The fourth-order valence-electron chi connectivity index (χ4n) is 3.55. The lowest BCUT2D eigenvalue weighted by Crippen LogP contribution is -2.25. The number of amides is 1. The van der Waals surface area contributed by atoms with Crippen LogP contribution in [0.25, 0.3) is 0 Å². The summed E-state index contributed by atoms with van der Waals surface area (Å²) in [4.78, 5) is 17.7. The maximum absolute atomic E-state index is 12.9. The molecule has 3 rings (SSSR count). The van der Waals surface area contributed by atoms with Crippen LogP contribution in [-0.2, 0) is 17.6 Å². The molecular formula is C23H26ClN3OS. The van der Waals surface area contributed by atoms with Gasteiger partial charge in [0.1, 0.15) is 11.1 Å². The molecule has 152 valence electrons. The van der Waals surface area contributed by atoms with Crippen molar-refractivity contribution in [3.8, 4) is 6.07 Å². The number of benzene rings is 1. The smallest absolute Gasteiger partial charge is 0.237 e. The molecule has 4 nitrogen and oxygen atoms in total. The molecular weight excluding hydrogens is 402 g/mol. The number of carbonyl (C=O) groups is 1. The van der Waals surface area contributed by atoms with E-state index in [9.17, 15) is 10.1 Å². The number of anilines is 1. The summed E-state index contributed by atoms with van der Waals surface area (Å²) in [5.41, 5.74) is 4.41. The Balaban J connectivity index is 1.82. The highest BCUT2D eigenvalue weighted by Crippen LogP contribution is 2.31. The molecule has 1 aromatic carbocycles. The lowest BCUT2D eigenvalue weighted by molar-refractivity contribution is -0.115. The molecule has 1 N–H and O–H groups in total. The van der Waals surface area contributed by atoms with E-state index >= 15 is 0 Å². The van der Waals surface area contributed by atoms with Crippen LogP contribution in [0.5, 0.6) is 0 Å². The molecule has 0 spiro atoms. The van der Waals surface area contributed by atoms with Crippen molar-refractivity contribution in [2.45, 2.75) is 69.1 Å². The summed E-state index contributed by atoms with van der Waals surface area (Å²) in [7, 11) is 0. The van der Waals surface area contributed by atoms with Crippen LogP contribution < -0.4 is 5.32 Å². The second-order valence-electron chi connectivity index (χ2n) is 7.39. The maximum atomic E-state index is 12.9. The SMILES string of the molecule is CCC(Sc1nc2c(cc1C#N)CCCCCC2)C(=O)Nc1cccc(Cl)c1C. The second kappa shape index (κ2) is 10.1. The Bertz CT molecular complexity index is 938. The van der Waals surface area contributed by atoms with Crippen molar-refractivity contribution in [2.24, 2.45) is 0 Å². The normalized spacial score (nSPS) is 14.8. The van der Waals surface area contributed by atoms with E-state index in [4.69, 9.17) is 16.6 Å². The number of pyridine rings is 1. The lowest BCUT2D eigenvalue weighted by atomic mass is 9.96. The molecule has 0 fully saturated rings. The molecule has 0 radical (unpaired) electrons. The van der Waals surface area contributed by atoms with Crippen molar-refractivity contribution in [3.05, 3.63) is 51.7 Å². The van der Waals surface area contributed by atoms with Gasteiger partial charge < -0.3 is 5.32 Å². The van der Waals surface area contributed by atoms with Crippen molar-refractivity contribution in [1.82, 2.24) is 4.98 Å². The van der Waals surface area contributed by atoms with Crippen LogP contribution in [0.4, 0.5) is 5.69 Å². The Kier molecular flexibility index (Phi) is 7.57. The van der Waals surface area contributed by atoms with Gasteiger partial charge in [0.05, 0.1) is 10.8 Å². The largest absolute Gasteiger partial charge is 0.325 e. The lowest BCUT2D eigenvalue weighted by Gasteiger charge is -2.19. The van der Waals surface area contributed by atoms with Crippen molar-refractivity contribution in [1.29, 1.82) is 5.26 Å². The number of aryl methyl sites for hydroxylation is 2. The molecule has 0 bridgehead atoms.